The number of aryl methyl sites for hydroxylation is 2. The van der Waals surface area contributed by atoms with Crippen LogP contribution in [-0.2, 0) is 4.79 Å². The lowest BCUT2D eigenvalue weighted by atomic mass is 10.1. The molecule has 1 aliphatic heterocycles. The summed E-state index contributed by atoms with van der Waals surface area (Å²) in [5, 5.41) is 3.24. The first-order valence-corrected chi connectivity index (χ1v) is 7.25. The van der Waals surface area contributed by atoms with Crippen molar-refractivity contribution in [1.82, 2.24) is 10.2 Å². The van der Waals surface area contributed by atoms with Gasteiger partial charge in [0.15, 0.2) is 6.61 Å². The maximum Gasteiger partial charge on any atom is 0.260 e. The van der Waals surface area contributed by atoms with Crippen molar-refractivity contribution in [2.75, 3.05) is 26.7 Å². The highest BCUT2D eigenvalue weighted by Crippen LogP contribution is 2.19. The molecule has 1 atom stereocenters. The minimum atomic E-state index is 0.0740. The van der Waals surface area contributed by atoms with Crippen LogP contribution in [0.4, 0.5) is 0 Å². The molecule has 4 nitrogen and oxygen atoms in total. The molecule has 1 saturated heterocycles. The van der Waals surface area contributed by atoms with E-state index in [-0.39, 0.29) is 12.5 Å². The van der Waals surface area contributed by atoms with E-state index in [2.05, 4.69) is 11.4 Å². The molecule has 1 fully saturated rings. The highest BCUT2D eigenvalue weighted by atomic mass is 16.5. The zero-order valence-electron chi connectivity index (χ0n) is 12.6. The van der Waals surface area contributed by atoms with Crippen molar-refractivity contribution in [3.8, 4) is 5.75 Å². The highest BCUT2D eigenvalue weighted by Gasteiger charge is 2.22. The first-order chi connectivity index (χ1) is 9.60. The van der Waals surface area contributed by atoms with Crippen LogP contribution in [-0.4, -0.2) is 43.6 Å². The minimum absolute atomic E-state index is 0.0740. The molecule has 0 aromatic heterocycles. The lowest BCUT2D eigenvalue weighted by Crippen LogP contribution is -2.48. The molecule has 1 amide bonds. The number of rotatable bonds is 4. The number of piperidine rings is 1. The zero-order valence-corrected chi connectivity index (χ0v) is 12.6. The maximum absolute atomic E-state index is 12.2. The third kappa shape index (κ3) is 3.73. The van der Waals surface area contributed by atoms with Crippen LogP contribution in [0.25, 0.3) is 0 Å². The van der Waals surface area contributed by atoms with Crippen molar-refractivity contribution < 1.29 is 9.53 Å². The molecule has 4 heteroatoms. The molecule has 1 aliphatic rings. The fourth-order valence-corrected chi connectivity index (χ4v) is 2.63. The summed E-state index contributed by atoms with van der Waals surface area (Å²) in [5.74, 6) is 0.871. The Morgan fingerprint density at radius 1 is 1.45 bits per heavy atom. The minimum Gasteiger partial charge on any atom is -0.484 e. The van der Waals surface area contributed by atoms with Gasteiger partial charge in [-0.2, -0.15) is 0 Å². The van der Waals surface area contributed by atoms with Gasteiger partial charge in [0.2, 0.25) is 0 Å². The molecule has 0 aliphatic carbocycles. The number of likely N-dealkylation sites (N-methyl/N-ethyl adjacent to an activating group) is 1. The highest BCUT2D eigenvalue weighted by molar-refractivity contribution is 5.78. The molecule has 0 unspecified atom stereocenters. The number of ether oxygens (including phenoxy) is 1. The standard InChI is InChI=1S/C16H24N2O2/c1-12-6-7-15(13(2)9-12)20-11-16(19)18-8-4-5-14(10-18)17-3/h6-7,9,14,17H,4-5,8,10-11H2,1-3H3/t14-/m1/s1. The van der Waals surface area contributed by atoms with Gasteiger partial charge in [-0.1, -0.05) is 17.7 Å². The van der Waals surface area contributed by atoms with Gasteiger partial charge in [-0.25, -0.2) is 0 Å². The van der Waals surface area contributed by atoms with Gasteiger partial charge in [0, 0.05) is 19.1 Å². The van der Waals surface area contributed by atoms with Gasteiger partial charge in [-0.05, 0) is 45.4 Å². The molecule has 0 spiro atoms. The average molecular weight is 276 g/mol. The Hall–Kier alpha value is -1.55. The van der Waals surface area contributed by atoms with E-state index < -0.39 is 0 Å². The molecule has 1 N–H and O–H groups in total. The van der Waals surface area contributed by atoms with E-state index in [1.165, 1.54) is 5.56 Å². The van der Waals surface area contributed by atoms with E-state index in [4.69, 9.17) is 4.74 Å². The molecule has 1 aromatic rings. The van der Waals surface area contributed by atoms with E-state index in [0.29, 0.717) is 6.04 Å². The number of carbonyl (C=O) groups is 1. The monoisotopic (exact) mass is 276 g/mol. The summed E-state index contributed by atoms with van der Waals surface area (Å²) in [5.41, 5.74) is 2.28. The number of amides is 1. The summed E-state index contributed by atoms with van der Waals surface area (Å²) >= 11 is 0. The average Bonchev–Trinajstić information content (AvgIpc) is 2.46. The lowest BCUT2D eigenvalue weighted by Gasteiger charge is -2.32. The topological polar surface area (TPSA) is 41.6 Å². The van der Waals surface area contributed by atoms with Gasteiger partial charge in [0.1, 0.15) is 5.75 Å². The first-order valence-electron chi connectivity index (χ1n) is 7.25. The van der Waals surface area contributed by atoms with Crippen molar-refractivity contribution in [3.05, 3.63) is 29.3 Å². The Labute approximate surface area is 121 Å². The molecule has 0 saturated carbocycles. The third-order valence-corrected chi connectivity index (χ3v) is 3.86. The van der Waals surface area contributed by atoms with Crippen LogP contribution < -0.4 is 10.1 Å². The zero-order chi connectivity index (χ0) is 14.5. The second-order valence-corrected chi connectivity index (χ2v) is 5.53. The molecule has 1 heterocycles. The van der Waals surface area contributed by atoms with Crippen molar-refractivity contribution >= 4 is 5.91 Å². The number of hydrogen-bond donors (Lipinski definition) is 1. The van der Waals surface area contributed by atoms with E-state index in [1.54, 1.807) is 0 Å². The van der Waals surface area contributed by atoms with Gasteiger partial charge in [0.05, 0.1) is 0 Å². The molecular weight excluding hydrogens is 252 g/mol. The predicted octanol–water partition coefficient (Wildman–Crippen LogP) is 1.89. The Morgan fingerprint density at radius 3 is 2.95 bits per heavy atom. The quantitative estimate of drug-likeness (QED) is 0.913. The maximum atomic E-state index is 12.2. The van der Waals surface area contributed by atoms with Crippen LogP contribution in [0, 0.1) is 13.8 Å². The molecule has 0 radical (unpaired) electrons. The number of likely N-dealkylation sites (tertiary alicyclic amines) is 1. The summed E-state index contributed by atoms with van der Waals surface area (Å²) < 4.78 is 5.66. The Bertz CT molecular complexity index is 474. The van der Waals surface area contributed by atoms with Gasteiger partial charge in [0.25, 0.3) is 5.91 Å². The van der Waals surface area contributed by atoms with E-state index in [1.807, 2.05) is 37.9 Å². The number of nitrogens with one attached hydrogen (secondary N) is 1. The van der Waals surface area contributed by atoms with Gasteiger partial charge >= 0.3 is 0 Å². The largest absolute Gasteiger partial charge is 0.484 e. The Balaban J connectivity index is 1.88. The van der Waals surface area contributed by atoms with E-state index in [0.717, 1.165) is 37.2 Å². The van der Waals surface area contributed by atoms with Gasteiger partial charge < -0.3 is 15.0 Å². The van der Waals surface area contributed by atoms with Crippen molar-refractivity contribution in [2.45, 2.75) is 32.7 Å². The summed E-state index contributed by atoms with van der Waals surface area (Å²) in [6.07, 6.45) is 2.19. The van der Waals surface area contributed by atoms with Gasteiger partial charge in [-0.15, -0.1) is 0 Å². The number of nitrogens with zero attached hydrogens (tertiary/aromatic N) is 1. The number of carbonyl (C=O) groups excluding carboxylic acids is 1. The summed E-state index contributed by atoms with van der Waals surface area (Å²) in [6.45, 7) is 5.80. The van der Waals surface area contributed by atoms with Crippen LogP contribution in [0.2, 0.25) is 0 Å². The number of benzene rings is 1. The van der Waals surface area contributed by atoms with E-state index in [9.17, 15) is 4.79 Å². The fraction of sp³-hybridized carbons (Fsp3) is 0.562. The Kier molecular flexibility index (Phi) is 5.01. The van der Waals surface area contributed by atoms with Crippen molar-refractivity contribution in [3.63, 3.8) is 0 Å². The van der Waals surface area contributed by atoms with Crippen LogP contribution in [0.3, 0.4) is 0 Å². The van der Waals surface area contributed by atoms with Crippen molar-refractivity contribution in [2.24, 2.45) is 0 Å². The van der Waals surface area contributed by atoms with Gasteiger partial charge in [-0.3, -0.25) is 4.79 Å². The number of hydrogen-bond acceptors (Lipinski definition) is 3. The predicted molar refractivity (Wildman–Crippen MR) is 80.1 cm³/mol. The fourth-order valence-electron chi connectivity index (χ4n) is 2.63. The van der Waals surface area contributed by atoms with Crippen LogP contribution in [0.1, 0.15) is 24.0 Å². The lowest BCUT2D eigenvalue weighted by molar-refractivity contribution is -0.134. The molecule has 1 aromatic carbocycles. The van der Waals surface area contributed by atoms with E-state index >= 15 is 0 Å². The molecule has 20 heavy (non-hydrogen) atoms. The second kappa shape index (κ2) is 6.75. The second-order valence-electron chi connectivity index (χ2n) is 5.53. The van der Waals surface area contributed by atoms with Crippen molar-refractivity contribution in [1.29, 1.82) is 0 Å². The summed E-state index contributed by atoms with van der Waals surface area (Å²) in [4.78, 5) is 14.1. The smallest absolute Gasteiger partial charge is 0.260 e. The summed E-state index contributed by atoms with van der Waals surface area (Å²) in [7, 11) is 1.95. The van der Waals surface area contributed by atoms with Crippen LogP contribution in [0.5, 0.6) is 5.75 Å². The molecule has 2 rings (SSSR count). The Morgan fingerprint density at radius 2 is 2.25 bits per heavy atom. The molecular formula is C16H24N2O2. The SMILES string of the molecule is CN[C@@H]1CCCN(C(=O)COc2ccc(C)cc2C)C1. The third-order valence-electron chi connectivity index (χ3n) is 3.86. The first kappa shape index (κ1) is 14.9. The molecule has 110 valence electrons. The van der Waals surface area contributed by atoms with Crippen LogP contribution >= 0.6 is 0 Å². The summed E-state index contributed by atoms with van der Waals surface area (Å²) in [6, 6.07) is 6.42. The normalized spacial score (nSPS) is 18.9. The molecule has 0 bridgehead atoms. The van der Waals surface area contributed by atoms with Crippen LogP contribution in [0.15, 0.2) is 18.2 Å².